The maximum absolute atomic E-state index is 11.7. The molecule has 0 unspecified atom stereocenters. The highest BCUT2D eigenvalue weighted by atomic mass is 32.1. The molecule has 3 rings (SSSR count). The molecule has 2 aromatic heterocycles. The summed E-state index contributed by atoms with van der Waals surface area (Å²) in [5.74, 6) is 0.618. The molecule has 90 valence electrons. The minimum atomic E-state index is -0.127. The average Bonchev–Trinajstić information content (AvgIpc) is 3.04. The number of aromatic amines is 1. The first kappa shape index (κ1) is 10.9. The highest BCUT2D eigenvalue weighted by Crippen LogP contribution is 2.10. The third-order valence-electron chi connectivity index (χ3n) is 2.51. The van der Waals surface area contributed by atoms with Gasteiger partial charge in [0.05, 0.1) is 29.3 Å². The average molecular weight is 258 g/mol. The van der Waals surface area contributed by atoms with Crippen LogP contribution in [0.4, 0.5) is 0 Å². The minimum Gasteiger partial charge on any atom is -0.344 e. The van der Waals surface area contributed by atoms with Crippen LogP contribution < -0.4 is 5.32 Å². The van der Waals surface area contributed by atoms with Crippen LogP contribution in [0.15, 0.2) is 36.0 Å². The molecule has 6 heteroatoms. The first-order valence-corrected chi connectivity index (χ1v) is 6.31. The normalized spacial score (nSPS) is 10.7. The number of benzene rings is 1. The van der Waals surface area contributed by atoms with E-state index in [4.69, 9.17) is 0 Å². The molecule has 0 aliphatic rings. The van der Waals surface area contributed by atoms with Gasteiger partial charge in [0.25, 0.3) is 5.91 Å². The van der Waals surface area contributed by atoms with Crippen molar-refractivity contribution >= 4 is 28.3 Å². The zero-order chi connectivity index (χ0) is 12.4. The summed E-state index contributed by atoms with van der Waals surface area (Å²) < 4.78 is 0. The third kappa shape index (κ3) is 2.10. The molecule has 2 heterocycles. The van der Waals surface area contributed by atoms with E-state index in [1.165, 1.54) is 11.3 Å². The molecule has 0 saturated carbocycles. The number of para-hydroxylation sites is 2. The van der Waals surface area contributed by atoms with Crippen molar-refractivity contribution in [1.29, 1.82) is 0 Å². The van der Waals surface area contributed by atoms with E-state index in [-0.39, 0.29) is 5.91 Å². The van der Waals surface area contributed by atoms with Crippen LogP contribution in [0.1, 0.15) is 15.5 Å². The van der Waals surface area contributed by atoms with Crippen molar-refractivity contribution < 1.29 is 4.79 Å². The van der Waals surface area contributed by atoms with Gasteiger partial charge in [-0.05, 0) is 12.1 Å². The first-order chi connectivity index (χ1) is 8.83. The molecular weight excluding hydrogens is 248 g/mol. The van der Waals surface area contributed by atoms with E-state index >= 15 is 0 Å². The largest absolute Gasteiger partial charge is 0.344 e. The van der Waals surface area contributed by atoms with Gasteiger partial charge in [0.15, 0.2) is 0 Å². The zero-order valence-corrected chi connectivity index (χ0v) is 10.2. The molecule has 1 aromatic carbocycles. The van der Waals surface area contributed by atoms with Crippen molar-refractivity contribution in [3.05, 3.63) is 46.7 Å². The number of H-pyrrole nitrogens is 1. The second-order valence-electron chi connectivity index (χ2n) is 3.75. The van der Waals surface area contributed by atoms with Crippen LogP contribution in [-0.2, 0) is 6.54 Å². The molecule has 0 saturated heterocycles. The second kappa shape index (κ2) is 4.58. The predicted octanol–water partition coefficient (Wildman–Crippen LogP) is 1.95. The number of thiazole rings is 1. The first-order valence-electron chi connectivity index (χ1n) is 5.43. The van der Waals surface area contributed by atoms with Crippen LogP contribution in [0.2, 0.25) is 0 Å². The lowest BCUT2D eigenvalue weighted by Gasteiger charge is -1.99. The molecule has 2 N–H and O–H groups in total. The lowest BCUT2D eigenvalue weighted by atomic mass is 10.3. The molecule has 0 radical (unpaired) electrons. The Bertz CT molecular complexity index is 641. The topological polar surface area (TPSA) is 70.7 Å². The van der Waals surface area contributed by atoms with Crippen molar-refractivity contribution in [2.45, 2.75) is 6.54 Å². The highest BCUT2D eigenvalue weighted by molar-refractivity contribution is 7.11. The fraction of sp³-hybridized carbons (Fsp3) is 0.0833. The number of aromatic nitrogens is 3. The Morgan fingerprint density at radius 3 is 3.06 bits per heavy atom. The predicted molar refractivity (Wildman–Crippen MR) is 69.4 cm³/mol. The third-order valence-corrected chi connectivity index (χ3v) is 3.28. The fourth-order valence-corrected chi connectivity index (χ4v) is 2.20. The summed E-state index contributed by atoms with van der Waals surface area (Å²) in [7, 11) is 0. The zero-order valence-electron chi connectivity index (χ0n) is 9.38. The molecule has 0 atom stereocenters. The van der Waals surface area contributed by atoms with Gasteiger partial charge in [-0.25, -0.2) is 4.98 Å². The van der Waals surface area contributed by atoms with Crippen molar-refractivity contribution in [3.8, 4) is 0 Å². The summed E-state index contributed by atoms with van der Waals surface area (Å²) in [5, 5.41) is 2.80. The summed E-state index contributed by atoms with van der Waals surface area (Å²) in [4.78, 5) is 23.7. The summed E-state index contributed by atoms with van der Waals surface area (Å²) >= 11 is 1.32. The molecule has 0 fully saturated rings. The van der Waals surface area contributed by atoms with E-state index in [2.05, 4.69) is 20.3 Å². The summed E-state index contributed by atoms with van der Waals surface area (Å²) in [6.07, 6.45) is 1.55. The van der Waals surface area contributed by atoms with Crippen LogP contribution in [0.5, 0.6) is 0 Å². The number of nitrogens with one attached hydrogen (secondary N) is 2. The smallest absolute Gasteiger partial charge is 0.263 e. The molecular formula is C12H10N4OS. The van der Waals surface area contributed by atoms with Gasteiger partial charge < -0.3 is 10.3 Å². The number of fused-ring (bicyclic) bond motifs is 1. The van der Waals surface area contributed by atoms with Gasteiger partial charge in [-0.15, -0.1) is 11.3 Å². The number of imidazole rings is 1. The number of hydrogen-bond donors (Lipinski definition) is 2. The van der Waals surface area contributed by atoms with Gasteiger partial charge in [-0.1, -0.05) is 12.1 Å². The fourth-order valence-electron chi connectivity index (χ4n) is 1.67. The van der Waals surface area contributed by atoms with Gasteiger partial charge in [-0.3, -0.25) is 9.78 Å². The molecule has 0 spiro atoms. The quantitative estimate of drug-likeness (QED) is 0.754. The Hall–Kier alpha value is -2.21. The number of hydrogen-bond acceptors (Lipinski definition) is 4. The molecule has 1 amide bonds. The molecule has 0 aliphatic carbocycles. The standard InChI is InChI=1S/C12H10N4OS/c17-12(10-5-13-7-18-10)14-6-11-15-8-3-1-2-4-9(8)16-11/h1-5,7H,6H2,(H,14,17)(H,15,16). The number of amides is 1. The van der Waals surface area contributed by atoms with Gasteiger partial charge >= 0.3 is 0 Å². The molecule has 0 aliphatic heterocycles. The van der Waals surface area contributed by atoms with E-state index in [0.717, 1.165) is 16.9 Å². The molecule has 18 heavy (non-hydrogen) atoms. The van der Waals surface area contributed by atoms with Gasteiger partial charge in [-0.2, -0.15) is 0 Å². The monoisotopic (exact) mass is 258 g/mol. The summed E-state index contributed by atoms with van der Waals surface area (Å²) in [5.41, 5.74) is 3.51. The maximum atomic E-state index is 11.7. The van der Waals surface area contributed by atoms with Gasteiger partial charge in [0, 0.05) is 0 Å². The number of nitrogens with zero attached hydrogens (tertiary/aromatic N) is 2. The van der Waals surface area contributed by atoms with E-state index < -0.39 is 0 Å². The lowest BCUT2D eigenvalue weighted by molar-refractivity contribution is 0.0954. The van der Waals surface area contributed by atoms with Crippen molar-refractivity contribution in [3.63, 3.8) is 0 Å². The van der Waals surface area contributed by atoms with E-state index in [0.29, 0.717) is 11.4 Å². The Morgan fingerprint density at radius 2 is 2.28 bits per heavy atom. The minimum absolute atomic E-state index is 0.127. The van der Waals surface area contributed by atoms with Crippen LogP contribution in [0.3, 0.4) is 0 Å². The van der Waals surface area contributed by atoms with Gasteiger partial charge in [0.2, 0.25) is 0 Å². The Kier molecular flexibility index (Phi) is 2.77. The van der Waals surface area contributed by atoms with Crippen LogP contribution in [0, 0.1) is 0 Å². The Balaban J connectivity index is 1.71. The van der Waals surface area contributed by atoms with E-state index in [1.807, 2.05) is 24.3 Å². The van der Waals surface area contributed by atoms with Crippen molar-refractivity contribution in [1.82, 2.24) is 20.3 Å². The van der Waals surface area contributed by atoms with Crippen LogP contribution >= 0.6 is 11.3 Å². The Morgan fingerprint density at radius 1 is 1.39 bits per heavy atom. The van der Waals surface area contributed by atoms with E-state index in [9.17, 15) is 4.79 Å². The van der Waals surface area contributed by atoms with Gasteiger partial charge in [0.1, 0.15) is 10.7 Å². The molecule has 3 aromatic rings. The van der Waals surface area contributed by atoms with Crippen molar-refractivity contribution in [2.24, 2.45) is 0 Å². The van der Waals surface area contributed by atoms with Crippen LogP contribution in [-0.4, -0.2) is 20.9 Å². The number of carbonyl (C=O) groups excluding carboxylic acids is 1. The second-order valence-corrected chi connectivity index (χ2v) is 4.64. The molecule has 5 nitrogen and oxygen atoms in total. The van der Waals surface area contributed by atoms with Crippen molar-refractivity contribution in [2.75, 3.05) is 0 Å². The lowest BCUT2D eigenvalue weighted by Crippen LogP contribution is -2.22. The van der Waals surface area contributed by atoms with E-state index in [1.54, 1.807) is 11.7 Å². The van der Waals surface area contributed by atoms with Crippen LogP contribution in [0.25, 0.3) is 11.0 Å². The summed E-state index contributed by atoms with van der Waals surface area (Å²) in [6.45, 7) is 0.380. The number of carbonyl (C=O) groups is 1. The summed E-state index contributed by atoms with van der Waals surface area (Å²) in [6, 6.07) is 7.76. The maximum Gasteiger partial charge on any atom is 0.263 e. The Labute approximate surface area is 107 Å². The highest BCUT2D eigenvalue weighted by Gasteiger charge is 2.08. The number of rotatable bonds is 3. The molecule has 0 bridgehead atoms. The SMILES string of the molecule is O=C(NCc1nc2ccccc2[nH]1)c1cncs1.